The number of hydrazone groups is 1. The van der Waals surface area contributed by atoms with Crippen molar-refractivity contribution in [2.24, 2.45) is 5.10 Å². The van der Waals surface area contributed by atoms with Crippen molar-refractivity contribution in [3.8, 4) is 11.5 Å². The van der Waals surface area contributed by atoms with E-state index < -0.39 is 5.72 Å². The zero-order valence-electron chi connectivity index (χ0n) is 19.0. The molecule has 3 aliphatic rings. The Balaban J connectivity index is 1.39. The number of benzene rings is 3. The minimum absolute atomic E-state index is 0.0941. The molecule has 0 N–H and O–H groups in total. The Kier molecular flexibility index (Phi) is 5.46. The van der Waals surface area contributed by atoms with Crippen LogP contribution in [0.1, 0.15) is 60.8 Å². The minimum Gasteiger partial charge on any atom is -0.493 e. The molecule has 174 valence electrons. The number of halogens is 2. The van der Waals surface area contributed by atoms with Gasteiger partial charge < -0.3 is 9.47 Å². The maximum Gasteiger partial charge on any atom is 0.198 e. The normalized spacial score (nSPS) is 25.4. The van der Waals surface area contributed by atoms with Crippen LogP contribution in [0.3, 0.4) is 0 Å². The molecule has 0 radical (unpaired) electrons. The van der Waals surface area contributed by atoms with E-state index in [2.05, 4.69) is 41.4 Å². The molecular weight excluding hydrogens is 467 g/mol. The molecule has 1 saturated carbocycles. The predicted octanol–water partition coefficient (Wildman–Crippen LogP) is 7.60. The molecule has 0 aromatic heterocycles. The van der Waals surface area contributed by atoms with Gasteiger partial charge in [0.1, 0.15) is 0 Å². The number of methoxy groups -OCH3 is 1. The Morgan fingerprint density at radius 1 is 0.971 bits per heavy atom. The van der Waals surface area contributed by atoms with Crippen molar-refractivity contribution in [1.82, 2.24) is 5.01 Å². The lowest BCUT2D eigenvalue weighted by Gasteiger charge is -2.50. The fourth-order valence-electron chi connectivity index (χ4n) is 5.74. The Bertz CT molecular complexity index is 1250. The highest BCUT2D eigenvalue weighted by Gasteiger charge is 2.52. The van der Waals surface area contributed by atoms with Gasteiger partial charge in [-0.15, -0.1) is 0 Å². The molecule has 2 aliphatic heterocycles. The van der Waals surface area contributed by atoms with Crippen LogP contribution in [0, 0.1) is 0 Å². The first-order valence-corrected chi connectivity index (χ1v) is 12.6. The third-order valence-electron chi connectivity index (χ3n) is 7.50. The molecule has 0 saturated heterocycles. The Morgan fingerprint density at radius 3 is 2.50 bits per heavy atom. The van der Waals surface area contributed by atoms with E-state index in [0.29, 0.717) is 16.0 Å². The van der Waals surface area contributed by atoms with Gasteiger partial charge in [-0.25, -0.2) is 5.01 Å². The summed E-state index contributed by atoms with van der Waals surface area (Å²) >= 11 is 12.5. The van der Waals surface area contributed by atoms with Gasteiger partial charge >= 0.3 is 0 Å². The lowest BCUT2D eigenvalue weighted by molar-refractivity contribution is -0.143. The summed E-state index contributed by atoms with van der Waals surface area (Å²) in [6.45, 7) is 0. The van der Waals surface area contributed by atoms with Crippen LogP contribution in [-0.4, -0.2) is 23.6 Å². The smallest absolute Gasteiger partial charge is 0.198 e. The molecule has 4 nitrogen and oxygen atoms in total. The van der Waals surface area contributed by atoms with Crippen LogP contribution >= 0.6 is 23.2 Å². The van der Waals surface area contributed by atoms with Crippen LogP contribution in [-0.2, 0) is 0 Å². The molecule has 0 unspecified atom stereocenters. The van der Waals surface area contributed by atoms with E-state index in [9.17, 15) is 0 Å². The number of hydrogen-bond donors (Lipinski definition) is 0. The van der Waals surface area contributed by atoms with E-state index in [0.717, 1.165) is 60.4 Å². The second-order valence-electron chi connectivity index (χ2n) is 9.35. The summed E-state index contributed by atoms with van der Waals surface area (Å²) in [5, 5.41) is 8.49. The van der Waals surface area contributed by atoms with E-state index in [-0.39, 0.29) is 6.04 Å². The van der Waals surface area contributed by atoms with Gasteiger partial charge in [0.15, 0.2) is 17.2 Å². The van der Waals surface area contributed by atoms with Crippen LogP contribution in [0.2, 0.25) is 10.0 Å². The molecular formula is C28H26Cl2N2O2. The van der Waals surface area contributed by atoms with E-state index in [4.69, 9.17) is 37.8 Å². The van der Waals surface area contributed by atoms with Crippen molar-refractivity contribution >= 4 is 28.9 Å². The van der Waals surface area contributed by atoms with Gasteiger partial charge in [0.05, 0.1) is 28.9 Å². The summed E-state index contributed by atoms with van der Waals surface area (Å²) in [6, 6.07) is 22.8. The van der Waals surface area contributed by atoms with Gasteiger partial charge in [-0.1, -0.05) is 71.7 Å². The number of fused-ring (bicyclic) bond motifs is 4. The number of nitrogens with zero attached hydrogens (tertiary/aromatic N) is 2. The number of hydrogen-bond acceptors (Lipinski definition) is 4. The van der Waals surface area contributed by atoms with Crippen molar-refractivity contribution in [2.45, 2.75) is 49.8 Å². The van der Waals surface area contributed by atoms with Crippen LogP contribution < -0.4 is 9.47 Å². The van der Waals surface area contributed by atoms with Crippen molar-refractivity contribution in [1.29, 1.82) is 0 Å². The van der Waals surface area contributed by atoms with E-state index in [1.54, 1.807) is 7.11 Å². The van der Waals surface area contributed by atoms with Crippen molar-refractivity contribution in [2.75, 3.05) is 7.11 Å². The predicted molar refractivity (Wildman–Crippen MR) is 136 cm³/mol. The third kappa shape index (κ3) is 3.55. The van der Waals surface area contributed by atoms with Gasteiger partial charge in [0.25, 0.3) is 0 Å². The van der Waals surface area contributed by atoms with E-state index in [1.807, 2.05) is 30.3 Å². The molecule has 6 rings (SSSR count). The summed E-state index contributed by atoms with van der Waals surface area (Å²) in [7, 11) is 1.70. The Labute approximate surface area is 210 Å². The molecule has 0 bridgehead atoms. The quantitative estimate of drug-likeness (QED) is 0.377. The van der Waals surface area contributed by atoms with Gasteiger partial charge in [-0.05, 0) is 48.1 Å². The van der Waals surface area contributed by atoms with E-state index >= 15 is 0 Å². The molecule has 1 atom stereocenters. The zero-order valence-corrected chi connectivity index (χ0v) is 20.5. The van der Waals surface area contributed by atoms with Crippen LogP contribution in [0.15, 0.2) is 71.8 Å². The maximum absolute atomic E-state index is 6.85. The summed E-state index contributed by atoms with van der Waals surface area (Å²) in [4.78, 5) is 0. The minimum atomic E-state index is -0.491. The van der Waals surface area contributed by atoms with Gasteiger partial charge in [-0.3, -0.25) is 0 Å². The Hall–Kier alpha value is -2.69. The summed E-state index contributed by atoms with van der Waals surface area (Å²) in [6.07, 6.45) is 4.69. The molecule has 1 aliphatic carbocycles. The zero-order chi connectivity index (χ0) is 23.3. The highest BCUT2D eigenvalue weighted by Crippen LogP contribution is 2.55. The van der Waals surface area contributed by atoms with Gasteiger partial charge in [0, 0.05) is 24.8 Å². The first kappa shape index (κ1) is 21.8. The summed E-state index contributed by atoms with van der Waals surface area (Å²) in [5.41, 5.74) is 4.04. The molecule has 6 heteroatoms. The number of rotatable bonds is 3. The monoisotopic (exact) mass is 492 g/mol. The number of para-hydroxylation sites is 1. The highest BCUT2D eigenvalue weighted by atomic mass is 35.5. The SMILES string of the molecule is COc1cccc2c1OC1(CCC(c3ccccc3)CC1)N1N=C(c3ccc(Cl)c(Cl)c3)C[C@H]21. The van der Waals surface area contributed by atoms with Gasteiger partial charge in [-0.2, -0.15) is 5.10 Å². The maximum atomic E-state index is 6.85. The van der Waals surface area contributed by atoms with Crippen LogP contribution in [0.4, 0.5) is 0 Å². The van der Waals surface area contributed by atoms with Crippen LogP contribution in [0.5, 0.6) is 11.5 Å². The fourth-order valence-corrected chi connectivity index (χ4v) is 6.04. The standard InChI is InChI=1S/C28H26Cl2N2O2/c1-33-26-9-5-8-21-25-17-24(20-10-11-22(29)23(30)16-20)31-32(25)28(34-27(21)26)14-12-19(13-15-28)18-6-3-2-4-7-18/h2-11,16,19,25H,12-15,17H2,1H3/t19?,25-,28?/m1/s1. The second kappa shape index (κ2) is 8.51. The average molecular weight is 493 g/mol. The fraction of sp³-hybridized carbons (Fsp3) is 0.321. The van der Waals surface area contributed by atoms with Crippen molar-refractivity contribution < 1.29 is 9.47 Å². The molecule has 3 aromatic carbocycles. The highest BCUT2D eigenvalue weighted by molar-refractivity contribution is 6.42. The molecule has 2 heterocycles. The molecule has 1 spiro atoms. The second-order valence-corrected chi connectivity index (χ2v) is 10.2. The van der Waals surface area contributed by atoms with Crippen molar-refractivity contribution in [3.05, 3.63) is 93.5 Å². The molecule has 3 aromatic rings. The average Bonchev–Trinajstić information content (AvgIpc) is 3.34. The largest absolute Gasteiger partial charge is 0.493 e. The Morgan fingerprint density at radius 2 is 1.76 bits per heavy atom. The lowest BCUT2D eigenvalue weighted by atomic mass is 9.78. The first-order chi connectivity index (χ1) is 16.6. The first-order valence-electron chi connectivity index (χ1n) is 11.8. The van der Waals surface area contributed by atoms with Gasteiger partial charge in [0.2, 0.25) is 0 Å². The lowest BCUT2D eigenvalue weighted by Crippen LogP contribution is -2.55. The van der Waals surface area contributed by atoms with Crippen molar-refractivity contribution in [3.63, 3.8) is 0 Å². The third-order valence-corrected chi connectivity index (χ3v) is 8.24. The molecule has 34 heavy (non-hydrogen) atoms. The number of ether oxygens (including phenoxy) is 2. The van der Waals surface area contributed by atoms with E-state index in [1.165, 1.54) is 5.56 Å². The molecule has 1 fully saturated rings. The summed E-state index contributed by atoms with van der Waals surface area (Å²) in [5.74, 6) is 2.17. The molecule has 0 amide bonds. The topological polar surface area (TPSA) is 34.1 Å². The summed E-state index contributed by atoms with van der Waals surface area (Å²) < 4.78 is 12.6. The van der Waals surface area contributed by atoms with Crippen LogP contribution in [0.25, 0.3) is 0 Å².